The van der Waals surface area contributed by atoms with Crippen molar-refractivity contribution in [1.82, 2.24) is 4.98 Å². The number of benzene rings is 2. The highest BCUT2D eigenvalue weighted by Crippen LogP contribution is 2.37. The Kier molecular flexibility index (Phi) is 4.96. The molecule has 136 valence electrons. The van der Waals surface area contributed by atoms with E-state index in [-0.39, 0.29) is 0 Å². The van der Waals surface area contributed by atoms with E-state index in [1.165, 1.54) is 0 Å². The maximum Gasteiger partial charge on any atom is 0.412 e. The van der Waals surface area contributed by atoms with Crippen LogP contribution >= 0.6 is 15.9 Å². The number of carbonyl (C=O) groups is 1. The Hall–Kier alpha value is -2.47. The molecule has 3 aromatic rings. The molecule has 2 N–H and O–H groups in total. The van der Waals surface area contributed by atoms with Gasteiger partial charge < -0.3 is 14.5 Å². The van der Waals surface area contributed by atoms with E-state index in [4.69, 9.17) is 9.47 Å². The van der Waals surface area contributed by atoms with Gasteiger partial charge >= 0.3 is 6.09 Å². The zero-order chi connectivity index (χ0) is 18.9. The minimum atomic E-state index is -0.553. The van der Waals surface area contributed by atoms with Crippen molar-refractivity contribution in [2.45, 2.75) is 26.4 Å². The average molecular weight is 417 g/mol. The predicted molar refractivity (Wildman–Crippen MR) is 108 cm³/mol. The van der Waals surface area contributed by atoms with E-state index in [0.717, 1.165) is 32.3 Å². The van der Waals surface area contributed by atoms with Crippen LogP contribution in [0.5, 0.6) is 5.75 Å². The normalized spacial score (nSPS) is 11.4. The number of hydrogen-bond acceptors (Lipinski definition) is 3. The summed E-state index contributed by atoms with van der Waals surface area (Å²) >= 11 is 3.52. The third-order valence-electron chi connectivity index (χ3n) is 3.78. The number of nitrogens with one attached hydrogen (secondary N) is 2. The van der Waals surface area contributed by atoms with Crippen molar-refractivity contribution in [3.63, 3.8) is 0 Å². The van der Waals surface area contributed by atoms with Crippen LogP contribution in [0, 0.1) is 0 Å². The van der Waals surface area contributed by atoms with Crippen molar-refractivity contribution < 1.29 is 14.3 Å². The van der Waals surface area contributed by atoms with E-state index in [2.05, 4.69) is 32.3 Å². The molecule has 1 heterocycles. The van der Waals surface area contributed by atoms with Gasteiger partial charge in [-0.1, -0.05) is 15.9 Å². The maximum absolute atomic E-state index is 12.1. The molecular weight excluding hydrogens is 396 g/mol. The Bertz CT molecular complexity index is 957. The van der Waals surface area contributed by atoms with Gasteiger partial charge in [-0.3, -0.25) is 5.32 Å². The van der Waals surface area contributed by atoms with E-state index in [1.807, 2.05) is 51.2 Å². The van der Waals surface area contributed by atoms with Crippen molar-refractivity contribution in [2.75, 3.05) is 12.4 Å². The minimum absolute atomic E-state index is 0.490. The second kappa shape index (κ2) is 7.03. The lowest BCUT2D eigenvalue weighted by atomic mass is 10.0. The van der Waals surface area contributed by atoms with Gasteiger partial charge in [-0.15, -0.1) is 0 Å². The Morgan fingerprint density at radius 3 is 2.58 bits per heavy atom. The van der Waals surface area contributed by atoms with E-state index in [1.54, 1.807) is 13.2 Å². The van der Waals surface area contributed by atoms with Gasteiger partial charge in [-0.05, 0) is 57.2 Å². The summed E-state index contributed by atoms with van der Waals surface area (Å²) in [7, 11) is 1.63. The number of amides is 1. The molecule has 1 aromatic heterocycles. The van der Waals surface area contributed by atoms with Gasteiger partial charge in [-0.2, -0.15) is 0 Å². The van der Waals surface area contributed by atoms with Gasteiger partial charge in [0.2, 0.25) is 0 Å². The number of carbonyl (C=O) groups excluding carboxylic acids is 1. The SMILES string of the molecule is COc1ccc(NC(=O)OC(C)(C)C)cc1-c1c[nH]c2ccc(Br)cc12. The number of hydrogen-bond donors (Lipinski definition) is 2. The van der Waals surface area contributed by atoms with Crippen LogP contribution in [-0.2, 0) is 4.74 Å². The first-order valence-corrected chi connectivity index (χ1v) is 9.01. The van der Waals surface area contributed by atoms with Crippen LogP contribution in [0.15, 0.2) is 47.1 Å². The van der Waals surface area contributed by atoms with Crippen molar-refractivity contribution >= 4 is 38.6 Å². The van der Waals surface area contributed by atoms with Gasteiger partial charge in [0.25, 0.3) is 0 Å². The third-order valence-corrected chi connectivity index (χ3v) is 4.27. The second-order valence-electron chi connectivity index (χ2n) is 6.93. The average Bonchev–Trinajstić information content (AvgIpc) is 2.95. The molecule has 0 saturated heterocycles. The lowest BCUT2D eigenvalue weighted by molar-refractivity contribution is 0.0636. The summed E-state index contributed by atoms with van der Waals surface area (Å²) in [6.07, 6.45) is 1.45. The first-order valence-electron chi connectivity index (χ1n) is 8.22. The Balaban J connectivity index is 2.00. The molecule has 1 amide bonds. The number of rotatable bonds is 3. The molecule has 26 heavy (non-hydrogen) atoms. The molecule has 0 radical (unpaired) electrons. The monoisotopic (exact) mass is 416 g/mol. The van der Waals surface area contributed by atoms with Crippen LogP contribution in [-0.4, -0.2) is 23.8 Å². The summed E-state index contributed by atoms with van der Waals surface area (Å²) in [6, 6.07) is 11.6. The molecular formula is C20H21BrN2O3. The molecule has 0 spiro atoms. The number of ether oxygens (including phenoxy) is 2. The maximum atomic E-state index is 12.1. The van der Waals surface area contributed by atoms with Crippen molar-refractivity contribution in [3.05, 3.63) is 47.1 Å². The molecule has 2 aromatic carbocycles. The largest absolute Gasteiger partial charge is 0.496 e. The highest BCUT2D eigenvalue weighted by Gasteiger charge is 2.17. The molecule has 0 aliphatic carbocycles. The smallest absolute Gasteiger partial charge is 0.412 e. The summed E-state index contributed by atoms with van der Waals surface area (Å²) in [6.45, 7) is 5.49. The number of anilines is 1. The van der Waals surface area contributed by atoms with Crippen molar-refractivity contribution in [2.24, 2.45) is 0 Å². The molecule has 5 nitrogen and oxygen atoms in total. The van der Waals surface area contributed by atoms with E-state index in [0.29, 0.717) is 5.69 Å². The van der Waals surface area contributed by atoms with Gasteiger partial charge in [0.15, 0.2) is 0 Å². The lowest BCUT2D eigenvalue weighted by Crippen LogP contribution is -2.27. The summed E-state index contributed by atoms with van der Waals surface area (Å²) in [4.78, 5) is 15.3. The fourth-order valence-electron chi connectivity index (χ4n) is 2.73. The summed E-state index contributed by atoms with van der Waals surface area (Å²) in [5.74, 6) is 0.723. The third kappa shape index (κ3) is 4.02. The zero-order valence-electron chi connectivity index (χ0n) is 15.1. The fraction of sp³-hybridized carbons (Fsp3) is 0.250. The molecule has 6 heteroatoms. The Morgan fingerprint density at radius 2 is 1.88 bits per heavy atom. The summed E-state index contributed by atoms with van der Waals surface area (Å²) in [5, 5.41) is 3.84. The molecule has 0 aliphatic rings. The van der Waals surface area contributed by atoms with Crippen LogP contribution in [0.1, 0.15) is 20.8 Å². The Morgan fingerprint density at radius 1 is 1.12 bits per heavy atom. The first kappa shape index (κ1) is 18.3. The summed E-state index contributed by atoms with van der Waals surface area (Å²) in [5.41, 5.74) is 2.98. The standard InChI is InChI=1S/C20H21BrN2O3/c1-20(2,3)26-19(24)23-13-6-8-18(25-4)15(10-13)16-11-22-17-7-5-12(21)9-14(16)17/h5-11,22H,1-4H3,(H,23,24). The predicted octanol–water partition coefficient (Wildman–Crippen LogP) is 5.95. The minimum Gasteiger partial charge on any atom is -0.496 e. The van der Waals surface area contributed by atoms with Crippen LogP contribution in [0.3, 0.4) is 0 Å². The number of aromatic amines is 1. The van der Waals surface area contributed by atoms with Crippen molar-refractivity contribution in [1.29, 1.82) is 0 Å². The van der Waals surface area contributed by atoms with Gasteiger partial charge in [0.1, 0.15) is 11.4 Å². The molecule has 0 unspecified atom stereocenters. The van der Waals surface area contributed by atoms with E-state index < -0.39 is 11.7 Å². The highest BCUT2D eigenvalue weighted by atomic mass is 79.9. The number of halogens is 1. The Labute approximate surface area is 160 Å². The van der Waals surface area contributed by atoms with Crippen LogP contribution in [0.25, 0.3) is 22.0 Å². The van der Waals surface area contributed by atoms with Gasteiger partial charge in [0, 0.05) is 38.4 Å². The van der Waals surface area contributed by atoms with Crippen LogP contribution < -0.4 is 10.1 Å². The fourth-order valence-corrected chi connectivity index (χ4v) is 3.09. The first-order chi connectivity index (χ1) is 12.3. The van der Waals surface area contributed by atoms with E-state index >= 15 is 0 Å². The summed E-state index contributed by atoms with van der Waals surface area (Å²) < 4.78 is 11.8. The number of H-pyrrole nitrogens is 1. The molecule has 0 fully saturated rings. The van der Waals surface area contributed by atoms with Crippen LogP contribution in [0.2, 0.25) is 0 Å². The molecule has 0 saturated carbocycles. The number of aromatic nitrogens is 1. The number of methoxy groups -OCH3 is 1. The molecule has 3 rings (SSSR count). The van der Waals surface area contributed by atoms with E-state index in [9.17, 15) is 4.79 Å². The van der Waals surface area contributed by atoms with Gasteiger partial charge in [-0.25, -0.2) is 4.79 Å². The quantitative estimate of drug-likeness (QED) is 0.553. The highest BCUT2D eigenvalue weighted by molar-refractivity contribution is 9.10. The second-order valence-corrected chi connectivity index (χ2v) is 7.85. The van der Waals surface area contributed by atoms with Crippen LogP contribution in [0.4, 0.5) is 10.5 Å². The molecule has 0 bridgehead atoms. The molecule has 0 aliphatic heterocycles. The zero-order valence-corrected chi connectivity index (χ0v) is 16.7. The molecule has 0 atom stereocenters. The number of fused-ring (bicyclic) bond motifs is 1. The van der Waals surface area contributed by atoms with Gasteiger partial charge in [0.05, 0.1) is 7.11 Å². The topological polar surface area (TPSA) is 63.4 Å². The van der Waals surface area contributed by atoms with Crippen molar-refractivity contribution in [3.8, 4) is 16.9 Å². The lowest BCUT2D eigenvalue weighted by Gasteiger charge is -2.20.